The highest BCUT2D eigenvalue weighted by Gasteiger charge is 2.20. The van der Waals surface area contributed by atoms with E-state index in [4.69, 9.17) is 4.74 Å². The van der Waals surface area contributed by atoms with Crippen molar-refractivity contribution < 1.29 is 23.1 Å². The Hall–Kier alpha value is -3.81. The molecule has 2 aromatic carbocycles. The number of aryl methyl sites for hydroxylation is 2. The average Bonchev–Trinajstić information content (AvgIpc) is 2.80. The topological polar surface area (TPSA) is 80.3 Å². The Balaban J connectivity index is 1.85. The fraction of sp³-hybridized carbons (Fsp3) is 0.240. The molecule has 0 spiro atoms. The molecule has 3 rings (SSSR count). The molecule has 3 aromatic rings. The first kappa shape index (κ1) is 23.8. The second-order valence-electron chi connectivity index (χ2n) is 7.67. The number of carbonyl (C=O) groups excluding carboxylic acids is 2. The summed E-state index contributed by atoms with van der Waals surface area (Å²) in [6.07, 6.45) is -1.59. The molecule has 0 saturated carbocycles. The number of nitrogens with one attached hydrogen (secondary N) is 2. The molecule has 1 heterocycles. The molecule has 33 heavy (non-hydrogen) atoms. The molecule has 1 atom stereocenters. The minimum Gasteiger partial charge on any atom is -0.465 e. The summed E-state index contributed by atoms with van der Waals surface area (Å²) in [6.45, 7) is 5.54. The molecule has 6 nitrogen and oxygen atoms in total. The van der Waals surface area contributed by atoms with E-state index in [0.29, 0.717) is 16.9 Å². The van der Waals surface area contributed by atoms with Gasteiger partial charge in [-0.05, 0) is 55.2 Å². The molecule has 0 aliphatic rings. The molecule has 0 radical (unpaired) electrons. The summed E-state index contributed by atoms with van der Waals surface area (Å²) in [5.74, 6) is -1.49. The van der Waals surface area contributed by atoms with Crippen LogP contribution < -0.4 is 10.6 Å². The van der Waals surface area contributed by atoms with Crippen LogP contribution in [0.3, 0.4) is 0 Å². The minimum absolute atomic E-state index is 0.216. The summed E-state index contributed by atoms with van der Waals surface area (Å²) in [5.41, 5.74) is 4.85. The van der Waals surface area contributed by atoms with Gasteiger partial charge in [0.15, 0.2) is 5.82 Å². The van der Waals surface area contributed by atoms with E-state index in [9.17, 15) is 18.4 Å². The average molecular weight is 453 g/mol. The number of methoxy groups -OCH3 is 1. The van der Waals surface area contributed by atoms with Gasteiger partial charge in [0.05, 0.1) is 24.4 Å². The number of rotatable bonds is 7. The van der Waals surface area contributed by atoms with E-state index in [0.717, 1.165) is 22.3 Å². The molecule has 1 aromatic heterocycles. The monoisotopic (exact) mass is 453 g/mol. The zero-order chi connectivity index (χ0) is 24.1. The first-order valence-electron chi connectivity index (χ1n) is 10.3. The number of ether oxygens (including phenoxy) is 1. The number of nitrogens with zero attached hydrogens (tertiary/aromatic N) is 1. The number of hydrogen-bond acceptors (Lipinski definition) is 5. The zero-order valence-electron chi connectivity index (χ0n) is 18.8. The maximum Gasteiger partial charge on any atom is 0.338 e. The SMILES string of the molecule is COC(=O)c1ccc(C)cc1-c1ccc(C(C)Nc2nccc(C)c2NC(=O)C(F)F)cc1. The van der Waals surface area contributed by atoms with Gasteiger partial charge in [0.25, 0.3) is 5.91 Å². The number of anilines is 2. The molecule has 0 aliphatic carbocycles. The van der Waals surface area contributed by atoms with Gasteiger partial charge in [0.2, 0.25) is 0 Å². The van der Waals surface area contributed by atoms with Crippen LogP contribution >= 0.6 is 0 Å². The van der Waals surface area contributed by atoms with Gasteiger partial charge < -0.3 is 15.4 Å². The minimum atomic E-state index is -3.13. The van der Waals surface area contributed by atoms with Gasteiger partial charge in [-0.15, -0.1) is 0 Å². The number of pyridine rings is 1. The molecule has 0 fully saturated rings. The third kappa shape index (κ3) is 5.52. The van der Waals surface area contributed by atoms with Gasteiger partial charge in [-0.2, -0.15) is 8.78 Å². The van der Waals surface area contributed by atoms with E-state index in [2.05, 4.69) is 15.6 Å². The fourth-order valence-electron chi connectivity index (χ4n) is 3.43. The third-order valence-electron chi connectivity index (χ3n) is 5.26. The van der Waals surface area contributed by atoms with Crippen molar-refractivity contribution >= 4 is 23.4 Å². The number of benzene rings is 2. The van der Waals surface area contributed by atoms with E-state index in [1.165, 1.54) is 13.3 Å². The van der Waals surface area contributed by atoms with Crippen LogP contribution in [0.5, 0.6) is 0 Å². The van der Waals surface area contributed by atoms with Crippen molar-refractivity contribution in [1.29, 1.82) is 0 Å². The molecule has 0 aliphatic heterocycles. The van der Waals surface area contributed by atoms with Crippen LogP contribution in [0.4, 0.5) is 20.3 Å². The lowest BCUT2D eigenvalue weighted by Gasteiger charge is -2.19. The summed E-state index contributed by atoms with van der Waals surface area (Å²) in [7, 11) is 1.35. The smallest absolute Gasteiger partial charge is 0.338 e. The normalized spacial score (nSPS) is 11.7. The van der Waals surface area contributed by atoms with Crippen LogP contribution in [-0.2, 0) is 9.53 Å². The van der Waals surface area contributed by atoms with Crippen molar-refractivity contribution in [3.63, 3.8) is 0 Å². The van der Waals surface area contributed by atoms with Crippen LogP contribution in [0.2, 0.25) is 0 Å². The largest absolute Gasteiger partial charge is 0.465 e. The van der Waals surface area contributed by atoms with Gasteiger partial charge in [0, 0.05) is 6.20 Å². The Bertz CT molecular complexity index is 1160. The second kappa shape index (κ2) is 10.2. The van der Waals surface area contributed by atoms with Crippen LogP contribution in [0.15, 0.2) is 54.7 Å². The number of amides is 1. The van der Waals surface area contributed by atoms with Crippen molar-refractivity contribution in [3.8, 4) is 11.1 Å². The summed E-state index contributed by atoms with van der Waals surface area (Å²) in [5, 5.41) is 5.41. The van der Waals surface area contributed by atoms with Crippen LogP contribution in [0.1, 0.15) is 40.0 Å². The number of esters is 1. The summed E-state index contributed by atoms with van der Waals surface area (Å²) in [6, 6.07) is 14.5. The third-order valence-corrected chi connectivity index (χ3v) is 5.26. The van der Waals surface area contributed by atoms with E-state index < -0.39 is 18.3 Å². The van der Waals surface area contributed by atoms with Crippen molar-refractivity contribution in [3.05, 3.63) is 77.0 Å². The van der Waals surface area contributed by atoms with E-state index in [1.807, 2.05) is 50.2 Å². The number of carbonyl (C=O) groups is 2. The molecule has 1 amide bonds. The Morgan fingerprint density at radius 3 is 2.36 bits per heavy atom. The van der Waals surface area contributed by atoms with Crippen molar-refractivity contribution in [1.82, 2.24) is 4.98 Å². The van der Waals surface area contributed by atoms with Crippen molar-refractivity contribution in [2.45, 2.75) is 33.2 Å². The predicted octanol–water partition coefficient (Wildman–Crippen LogP) is 5.53. The molecular formula is C25H25F2N3O3. The quantitative estimate of drug-likeness (QED) is 0.460. The van der Waals surface area contributed by atoms with Crippen LogP contribution in [0, 0.1) is 13.8 Å². The van der Waals surface area contributed by atoms with Crippen LogP contribution in [0.25, 0.3) is 11.1 Å². The Kier molecular flexibility index (Phi) is 7.37. The van der Waals surface area contributed by atoms with Crippen molar-refractivity contribution in [2.24, 2.45) is 0 Å². The van der Waals surface area contributed by atoms with Gasteiger partial charge in [-0.1, -0.05) is 42.0 Å². The van der Waals surface area contributed by atoms with E-state index >= 15 is 0 Å². The van der Waals surface area contributed by atoms with Gasteiger partial charge in [-0.3, -0.25) is 4.79 Å². The molecule has 1 unspecified atom stereocenters. The molecule has 172 valence electrons. The summed E-state index contributed by atoms with van der Waals surface area (Å²) < 4.78 is 30.4. The highest BCUT2D eigenvalue weighted by molar-refractivity contribution is 5.97. The van der Waals surface area contributed by atoms with Crippen molar-refractivity contribution in [2.75, 3.05) is 17.7 Å². The van der Waals surface area contributed by atoms with Gasteiger partial charge in [0.1, 0.15) is 0 Å². The van der Waals surface area contributed by atoms with Gasteiger partial charge >= 0.3 is 12.4 Å². The van der Waals surface area contributed by atoms with Gasteiger partial charge in [-0.25, -0.2) is 9.78 Å². The first-order valence-corrected chi connectivity index (χ1v) is 10.3. The first-order chi connectivity index (χ1) is 15.7. The lowest BCUT2D eigenvalue weighted by Crippen LogP contribution is -2.22. The summed E-state index contributed by atoms with van der Waals surface area (Å²) in [4.78, 5) is 27.9. The lowest BCUT2D eigenvalue weighted by molar-refractivity contribution is -0.126. The van der Waals surface area contributed by atoms with E-state index in [-0.39, 0.29) is 11.7 Å². The highest BCUT2D eigenvalue weighted by atomic mass is 19.3. The maximum atomic E-state index is 12.7. The standard InChI is InChI=1S/C25H25F2N3O3/c1-14-5-10-19(25(32)33-4)20(13-14)18-8-6-17(7-9-18)16(3)29-23-21(15(2)11-12-28-23)30-24(31)22(26)27/h5-13,16,22H,1-4H3,(H,28,29)(H,30,31). The Morgan fingerprint density at radius 2 is 1.73 bits per heavy atom. The molecule has 8 heteroatoms. The Morgan fingerprint density at radius 1 is 1.03 bits per heavy atom. The second-order valence-corrected chi connectivity index (χ2v) is 7.67. The molecule has 2 N–H and O–H groups in total. The fourth-order valence-corrected chi connectivity index (χ4v) is 3.43. The number of hydrogen-bond donors (Lipinski definition) is 2. The zero-order valence-corrected chi connectivity index (χ0v) is 18.8. The van der Waals surface area contributed by atoms with Crippen LogP contribution in [-0.4, -0.2) is 30.4 Å². The summed E-state index contributed by atoms with van der Waals surface area (Å²) >= 11 is 0. The highest BCUT2D eigenvalue weighted by Crippen LogP contribution is 2.30. The Labute approximate surface area is 191 Å². The van der Waals surface area contributed by atoms with E-state index in [1.54, 1.807) is 19.1 Å². The number of alkyl halides is 2. The number of aromatic nitrogens is 1. The molecular weight excluding hydrogens is 428 g/mol. The maximum absolute atomic E-state index is 12.7. The molecule has 0 bridgehead atoms. The lowest BCUT2D eigenvalue weighted by atomic mass is 9.96. The number of halogens is 2. The molecule has 0 saturated heterocycles. The predicted molar refractivity (Wildman–Crippen MR) is 124 cm³/mol.